The summed E-state index contributed by atoms with van der Waals surface area (Å²) in [6, 6.07) is 10.3. The molecule has 0 aliphatic carbocycles. The third-order valence-corrected chi connectivity index (χ3v) is 4.62. The minimum Gasteiger partial charge on any atom is -0.381 e. The van der Waals surface area contributed by atoms with Crippen LogP contribution in [0, 0.1) is 5.92 Å². The fourth-order valence-corrected chi connectivity index (χ4v) is 3.15. The van der Waals surface area contributed by atoms with Gasteiger partial charge >= 0.3 is 0 Å². The maximum atomic E-state index is 5.75. The van der Waals surface area contributed by atoms with Gasteiger partial charge in [0, 0.05) is 43.8 Å². The van der Waals surface area contributed by atoms with E-state index in [4.69, 9.17) is 9.47 Å². The first-order valence-electron chi connectivity index (χ1n) is 9.87. The van der Waals surface area contributed by atoms with Crippen molar-refractivity contribution in [3.8, 4) is 0 Å². The fourth-order valence-electron chi connectivity index (χ4n) is 3.15. The second-order valence-electron chi connectivity index (χ2n) is 6.76. The van der Waals surface area contributed by atoms with Crippen molar-refractivity contribution in [2.75, 3.05) is 39.5 Å². The van der Waals surface area contributed by atoms with Gasteiger partial charge in [0.2, 0.25) is 0 Å². The summed E-state index contributed by atoms with van der Waals surface area (Å²) < 4.78 is 11.1. The lowest BCUT2D eigenvalue weighted by molar-refractivity contribution is 0.0888. The van der Waals surface area contributed by atoms with Crippen LogP contribution in [0.3, 0.4) is 0 Å². The highest BCUT2D eigenvalue weighted by Gasteiger charge is 2.15. The molecule has 1 saturated heterocycles. The highest BCUT2D eigenvalue weighted by molar-refractivity contribution is 14.0. The molecule has 2 aromatic rings. The lowest BCUT2D eigenvalue weighted by Gasteiger charge is -2.12. The number of ether oxygens (including phenoxy) is 2. The van der Waals surface area contributed by atoms with E-state index in [1.807, 2.05) is 24.4 Å². The molecule has 7 heteroatoms. The quantitative estimate of drug-likeness (QED) is 0.240. The van der Waals surface area contributed by atoms with E-state index < -0.39 is 0 Å². The van der Waals surface area contributed by atoms with E-state index in [1.54, 1.807) is 0 Å². The number of hydrogen-bond donors (Lipinski definition) is 2. The lowest BCUT2D eigenvalue weighted by atomic mass is 10.1. The minimum absolute atomic E-state index is 0. The van der Waals surface area contributed by atoms with E-state index in [2.05, 4.69) is 39.7 Å². The first-order valence-corrected chi connectivity index (χ1v) is 9.87. The van der Waals surface area contributed by atoms with Gasteiger partial charge in [0.25, 0.3) is 0 Å². The van der Waals surface area contributed by atoms with Crippen molar-refractivity contribution in [2.24, 2.45) is 10.9 Å². The van der Waals surface area contributed by atoms with Gasteiger partial charge in [-0.05, 0) is 31.2 Å². The highest BCUT2D eigenvalue weighted by Crippen LogP contribution is 2.16. The first-order chi connectivity index (χ1) is 13.4. The largest absolute Gasteiger partial charge is 0.381 e. The van der Waals surface area contributed by atoms with Crippen LogP contribution in [0.4, 0.5) is 0 Å². The summed E-state index contributed by atoms with van der Waals surface area (Å²) in [4.78, 5) is 9.19. The number of aromatic nitrogens is 1. The zero-order valence-electron chi connectivity index (χ0n) is 16.5. The Morgan fingerprint density at radius 1 is 1.29 bits per heavy atom. The molecule has 1 aromatic carbocycles. The van der Waals surface area contributed by atoms with Gasteiger partial charge in [0.15, 0.2) is 5.96 Å². The number of halogens is 1. The molecule has 2 N–H and O–H groups in total. The smallest absolute Gasteiger partial charge is 0.191 e. The maximum absolute atomic E-state index is 5.75. The number of benzene rings is 1. The number of pyridine rings is 1. The van der Waals surface area contributed by atoms with Crippen LogP contribution in [0.25, 0.3) is 10.8 Å². The van der Waals surface area contributed by atoms with Crippen LogP contribution in [0.15, 0.2) is 41.5 Å². The normalized spacial score (nSPS) is 16.8. The van der Waals surface area contributed by atoms with Crippen LogP contribution in [0.5, 0.6) is 0 Å². The van der Waals surface area contributed by atoms with E-state index in [0.29, 0.717) is 12.5 Å². The second kappa shape index (κ2) is 12.9. The summed E-state index contributed by atoms with van der Waals surface area (Å²) in [5, 5.41) is 9.02. The molecule has 0 saturated carbocycles. The molecule has 6 nitrogen and oxygen atoms in total. The molecule has 1 fully saturated rings. The average Bonchev–Trinajstić information content (AvgIpc) is 3.22. The van der Waals surface area contributed by atoms with Crippen molar-refractivity contribution in [1.29, 1.82) is 0 Å². The number of guanidine groups is 1. The Balaban J connectivity index is 0.00000280. The number of nitrogens with one attached hydrogen (secondary N) is 2. The number of hydrogen-bond acceptors (Lipinski definition) is 4. The predicted molar refractivity (Wildman–Crippen MR) is 124 cm³/mol. The van der Waals surface area contributed by atoms with Gasteiger partial charge in [0.1, 0.15) is 0 Å². The Bertz CT molecular complexity index is 730. The van der Waals surface area contributed by atoms with Crippen molar-refractivity contribution < 1.29 is 9.47 Å². The summed E-state index contributed by atoms with van der Waals surface area (Å²) in [7, 11) is 0. The minimum atomic E-state index is 0. The molecular formula is C21H31IN4O2. The summed E-state index contributed by atoms with van der Waals surface area (Å²) >= 11 is 0. The molecule has 0 bridgehead atoms. The SMILES string of the molecule is CCNC(=NCc1nccc2ccccc12)NCCCOCC1CCOC1.I. The van der Waals surface area contributed by atoms with Gasteiger partial charge in [-0.3, -0.25) is 4.98 Å². The molecule has 1 aliphatic rings. The van der Waals surface area contributed by atoms with Crippen LogP contribution in [-0.2, 0) is 16.0 Å². The average molecular weight is 498 g/mol. The zero-order valence-corrected chi connectivity index (χ0v) is 18.9. The summed E-state index contributed by atoms with van der Waals surface area (Å²) in [5.74, 6) is 1.39. The third kappa shape index (κ3) is 7.18. The zero-order chi connectivity index (χ0) is 18.7. The molecule has 1 unspecified atom stereocenters. The maximum Gasteiger partial charge on any atom is 0.191 e. The number of nitrogens with zero attached hydrogens (tertiary/aromatic N) is 2. The van der Waals surface area contributed by atoms with E-state index >= 15 is 0 Å². The Kier molecular flexibility index (Phi) is 10.5. The Morgan fingerprint density at radius 2 is 2.18 bits per heavy atom. The van der Waals surface area contributed by atoms with E-state index in [0.717, 1.165) is 69.4 Å². The van der Waals surface area contributed by atoms with Crippen LogP contribution >= 0.6 is 24.0 Å². The lowest BCUT2D eigenvalue weighted by Crippen LogP contribution is -2.38. The monoisotopic (exact) mass is 498 g/mol. The fraction of sp³-hybridized carbons (Fsp3) is 0.524. The summed E-state index contributed by atoms with van der Waals surface area (Å²) in [6.07, 6.45) is 3.92. The predicted octanol–water partition coefficient (Wildman–Crippen LogP) is 3.35. The molecule has 2 heterocycles. The molecule has 0 amide bonds. The Morgan fingerprint density at radius 3 is 3.00 bits per heavy atom. The topological polar surface area (TPSA) is 67.8 Å². The molecule has 1 aromatic heterocycles. The van der Waals surface area contributed by atoms with Crippen molar-refractivity contribution in [1.82, 2.24) is 15.6 Å². The summed E-state index contributed by atoms with van der Waals surface area (Å²) in [5.41, 5.74) is 0.993. The molecule has 3 rings (SSSR count). The highest BCUT2D eigenvalue weighted by atomic mass is 127. The standard InChI is InChI=1S/C21H30N4O2.HI/c1-2-22-21(24-10-5-12-26-15-17-9-13-27-16-17)25-14-20-19-7-4-3-6-18(19)8-11-23-20;/h3-4,6-8,11,17H,2,5,9-10,12-16H2,1H3,(H2,22,24,25);1H. The van der Waals surface area contributed by atoms with Crippen molar-refractivity contribution >= 4 is 40.7 Å². The van der Waals surface area contributed by atoms with Crippen LogP contribution in [0.2, 0.25) is 0 Å². The third-order valence-electron chi connectivity index (χ3n) is 4.62. The molecule has 1 aliphatic heterocycles. The second-order valence-corrected chi connectivity index (χ2v) is 6.76. The van der Waals surface area contributed by atoms with Gasteiger partial charge < -0.3 is 20.1 Å². The molecule has 1 atom stereocenters. The van der Waals surface area contributed by atoms with E-state index in [9.17, 15) is 0 Å². The van der Waals surface area contributed by atoms with Crippen LogP contribution in [0.1, 0.15) is 25.5 Å². The van der Waals surface area contributed by atoms with Gasteiger partial charge in [-0.25, -0.2) is 4.99 Å². The van der Waals surface area contributed by atoms with E-state index in [-0.39, 0.29) is 24.0 Å². The Hall–Kier alpha value is -1.45. The van der Waals surface area contributed by atoms with Crippen molar-refractivity contribution in [2.45, 2.75) is 26.3 Å². The van der Waals surface area contributed by atoms with E-state index in [1.165, 1.54) is 5.39 Å². The van der Waals surface area contributed by atoms with Gasteiger partial charge in [-0.15, -0.1) is 24.0 Å². The first kappa shape index (κ1) is 22.8. The van der Waals surface area contributed by atoms with Gasteiger partial charge in [-0.2, -0.15) is 0 Å². The molecule has 28 heavy (non-hydrogen) atoms. The van der Waals surface area contributed by atoms with Crippen LogP contribution < -0.4 is 10.6 Å². The molecular weight excluding hydrogens is 467 g/mol. The molecule has 0 radical (unpaired) electrons. The Labute approximate surface area is 184 Å². The van der Waals surface area contributed by atoms with Crippen molar-refractivity contribution in [3.05, 3.63) is 42.2 Å². The van der Waals surface area contributed by atoms with Gasteiger partial charge in [0.05, 0.1) is 25.5 Å². The summed E-state index contributed by atoms with van der Waals surface area (Å²) in [6.45, 7) is 7.56. The molecule has 0 spiro atoms. The van der Waals surface area contributed by atoms with Gasteiger partial charge in [-0.1, -0.05) is 24.3 Å². The van der Waals surface area contributed by atoms with Crippen molar-refractivity contribution in [3.63, 3.8) is 0 Å². The number of rotatable bonds is 9. The number of aliphatic imine (C=N–C) groups is 1. The van der Waals surface area contributed by atoms with Crippen LogP contribution in [-0.4, -0.2) is 50.5 Å². The number of fused-ring (bicyclic) bond motifs is 1. The molecule has 154 valence electrons.